The number of aromatic nitrogens is 5. The predicted molar refractivity (Wildman–Crippen MR) is 101 cm³/mol. The lowest BCUT2D eigenvalue weighted by molar-refractivity contribution is 0.342. The molecular formula is C19H18FN7. The summed E-state index contributed by atoms with van der Waals surface area (Å²) in [5.74, 6) is 1.46. The number of nitrogens with one attached hydrogen (secondary N) is 3. The van der Waals surface area contributed by atoms with Crippen LogP contribution in [0.5, 0.6) is 0 Å². The fourth-order valence-corrected chi connectivity index (χ4v) is 3.38. The Balaban J connectivity index is 1.47. The number of fused-ring (bicyclic) bond motifs is 1. The summed E-state index contributed by atoms with van der Waals surface area (Å²) in [6.45, 7) is 0.973. The van der Waals surface area contributed by atoms with Crippen LogP contribution in [0.4, 0.5) is 10.2 Å². The van der Waals surface area contributed by atoms with Gasteiger partial charge in [0.25, 0.3) is 0 Å². The molecular weight excluding hydrogens is 345 g/mol. The standard InChI is InChI=1S/C19H18FN7/c20-13-9-21-10-15(13)26-17-3-1-2-14(25-17)16-11-24-18-8-12(4-7-27(16)18)19-22-5-6-23-19/h1-8,11,13,15,21H,9-10H2,(H,22,23)(H,25,26). The van der Waals surface area contributed by atoms with Crippen molar-refractivity contribution in [3.05, 3.63) is 55.1 Å². The number of pyridine rings is 2. The molecule has 1 aliphatic rings. The van der Waals surface area contributed by atoms with Crippen LogP contribution in [0.2, 0.25) is 0 Å². The average Bonchev–Trinajstić information content (AvgIpc) is 3.43. The molecule has 1 aliphatic heterocycles. The van der Waals surface area contributed by atoms with Crippen LogP contribution in [-0.2, 0) is 0 Å². The molecule has 2 atom stereocenters. The Bertz CT molecular complexity index is 1070. The van der Waals surface area contributed by atoms with Gasteiger partial charge in [0.05, 0.1) is 23.6 Å². The summed E-state index contributed by atoms with van der Waals surface area (Å²) < 4.78 is 15.8. The predicted octanol–water partition coefficient (Wildman–Crippen LogP) is 2.51. The maximum absolute atomic E-state index is 13.8. The third kappa shape index (κ3) is 2.93. The number of imidazole rings is 2. The van der Waals surface area contributed by atoms with E-state index in [1.54, 1.807) is 18.6 Å². The number of alkyl halides is 1. The summed E-state index contributed by atoms with van der Waals surface area (Å²) in [4.78, 5) is 16.5. The number of rotatable bonds is 4. The highest BCUT2D eigenvalue weighted by Gasteiger charge is 2.26. The fourth-order valence-electron chi connectivity index (χ4n) is 3.38. The molecule has 5 heterocycles. The lowest BCUT2D eigenvalue weighted by Crippen LogP contribution is -2.29. The quantitative estimate of drug-likeness (QED) is 0.519. The minimum atomic E-state index is -0.911. The maximum atomic E-state index is 13.8. The Morgan fingerprint density at radius 1 is 1.19 bits per heavy atom. The third-order valence-corrected chi connectivity index (χ3v) is 4.77. The highest BCUT2D eigenvalue weighted by atomic mass is 19.1. The van der Waals surface area contributed by atoms with Crippen molar-refractivity contribution < 1.29 is 4.39 Å². The first-order valence-electron chi connectivity index (χ1n) is 8.83. The van der Waals surface area contributed by atoms with Crippen molar-refractivity contribution in [2.75, 3.05) is 18.4 Å². The zero-order valence-electron chi connectivity index (χ0n) is 14.4. The normalized spacial score (nSPS) is 19.6. The Kier molecular flexibility index (Phi) is 3.83. The van der Waals surface area contributed by atoms with Crippen molar-refractivity contribution in [3.8, 4) is 22.8 Å². The molecule has 5 rings (SSSR count). The second kappa shape index (κ2) is 6.48. The zero-order chi connectivity index (χ0) is 18.2. The molecule has 3 N–H and O–H groups in total. The second-order valence-electron chi connectivity index (χ2n) is 6.56. The first kappa shape index (κ1) is 16.0. The first-order chi connectivity index (χ1) is 13.3. The summed E-state index contributed by atoms with van der Waals surface area (Å²) in [7, 11) is 0. The molecule has 0 spiro atoms. The molecule has 0 saturated carbocycles. The molecule has 1 fully saturated rings. The molecule has 136 valence electrons. The Labute approximate surface area is 154 Å². The smallest absolute Gasteiger partial charge is 0.137 e. The van der Waals surface area contributed by atoms with Crippen molar-refractivity contribution >= 4 is 11.5 Å². The summed E-state index contributed by atoms with van der Waals surface area (Å²) in [6, 6.07) is 9.39. The lowest BCUT2D eigenvalue weighted by atomic mass is 10.2. The minimum Gasteiger partial charge on any atom is -0.363 e. The van der Waals surface area contributed by atoms with Crippen LogP contribution in [0.3, 0.4) is 0 Å². The Morgan fingerprint density at radius 3 is 2.96 bits per heavy atom. The molecule has 7 nitrogen and oxygen atoms in total. The highest BCUT2D eigenvalue weighted by molar-refractivity contribution is 5.67. The maximum Gasteiger partial charge on any atom is 0.137 e. The summed E-state index contributed by atoms with van der Waals surface area (Å²) in [5.41, 5.74) is 3.43. The van der Waals surface area contributed by atoms with Crippen LogP contribution >= 0.6 is 0 Å². The Hall–Kier alpha value is -3.26. The Morgan fingerprint density at radius 2 is 2.15 bits per heavy atom. The number of hydrogen-bond acceptors (Lipinski definition) is 5. The van der Waals surface area contributed by atoms with Crippen LogP contribution in [0.25, 0.3) is 28.4 Å². The molecule has 0 radical (unpaired) electrons. The summed E-state index contributed by atoms with van der Waals surface area (Å²) in [6.07, 6.45) is 6.35. The van der Waals surface area contributed by atoms with Crippen LogP contribution in [0, 0.1) is 0 Å². The summed E-state index contributed by atoms with van der Waals surface area (Å²) >= 11 is 0. The van der Waals surface area contributed by atoms with E-state index in [-0.39, 0.29) is 6.04 Å². The van der Waals surface area contributed by atoms with E-state index < -0.39 is 6.17 Å². The van der Waals surface area contributed by atoms with E-state index in [2.05, 4.69) is 30.6 Å². The van der Waals surface area contributed by atoms with E-state index in [9.17, 15) is 4.39 Å². The van der Waals surface area contributed by atoms with Gasteiger partial charge in [-0.05, 0) is 24.3 Å². The van der Waals surface area contributed by atoms with E-state index in [1.807, 2.05) is 40.9 Å². The molecule has 0 aromatic carbocycles. The van der Waals surface area contributed by atoms with Crippen LogP contribution < -0.4 is 10.6 Å². The third-order valence-electron chi connectivity index (χ3n) is 4.77. The van der Waals surface area contributed by atoms with E-state index in [4.69, 9.17) is 0 Å². The number of H-pyrrole nitrogens is 1. The van der Waals surface area contributed by atoms with Gasteiger partial charge in [-0.15, -0.1) is 0 Å². The average molecular weight is 363 g/mol. The van der Waals surface area contributed by atoms with Crippen LogP contribution in [-0.4, -0.2) is 49.6 Å². The van der Waals surface area contributed by atoms with Crippen LogP contribution in [0.15, 0.2) is 55.1 Å². The monoisotopic (exact) mass is 363 g/mol. The highest BCUT2D eigenvalue weighted by Crippen LogP contribution is 2.24. The lowest BCUT2D eigenvalue weighted by Gasteiger charge is -2.15. The van der Waals surface area contributed by atoms with Gasteiger partial charge in [-0.2, -0.15) is 0 Å². The van der Waals surface area contributed by atoms with Crippen molar-refractivity contribution in [2.24, 2.45) is 0 Å². The number of nitrogens with zero attached hydrogens (tertiary/aromatic N) is 4. The topological polar surface area (TPSA) is 82.9 Å². The van der Waals surface area contributed by atoms with E-state index >= 15 is 0 Å². The van der Waals surface area contributed by atoms with E-state index in [0.717, 1.165) is 28.4 Å². The van der Waals surface area contributed by atoms with Crippen LogP contribution in [0.1, 0.15) is 0 Å². The number of halogens is 1. The molecule has 2 unspecified atom stereocenters. The van der Waals surface area contributed by atoms with Gasteiger partial charge in [-0.3, -0.25) is 4.40 Å². The van der Waals surface area contributed by atoms with E-state index in [0.29, 0.717) is 18.9 Å². The van der Waals surface area contributed by atoms with Crippen molar-refractivity contribution in [1.82, 2.24) is 29.7 Å². The fraction of sp³-hybridized carbons (Fsp3) is 0.211. The van der Waals surface area contributed by atoms with Gasteiger partial charge in [-0.25, -0.2) is 19.3 Å². The molecule has 27 heavy (non-hydrogen) atoms. The van der Waals surface area contributed by atoms with Gasteiger partial charge < -0.3 is 15.6 Å². The molecule has 0 amide bonds. The van der Waals surface area contributed by atoms with Gasteiger partial charge in [0.15, 0.2) is 0 Å². The second-order valence-corrected chi connectivity index (χ2v) is 6.56. The number of anilines is 1. The molecule has 1 saturated heterocycles. The SMILES string of the molecule is FC1CNCC1Nc1cccc(-c2cnc3cc(-c4ncc[nH]4)ccn23)n1. The minimum absolute atomic E-state index is 0.259. The van der Waals surface area contributed by atoms with Gasteiger partial charge in [0.2, 0.25) is 0 Å². The van der Waals surface area contributed by atoms with Gasteiger partial charge in [-0.1, -0.05) is 6.07 Å². The largest absolute Gasteiger partial charge is 0.363 e. The molecule has 4 aromatic heterocycles. The van der Waals surface area contributed by atoms with Gasteiger partial charge in [0, 0.05) is 37.2 Å². The number of hydrogen-bond donors (Lipinski definition) is 3. The number of aromatic amines is 1. The first-order valence-corrected chi connectivity index (χ1v) is 8.83. The summed E-state index contributed by atoms with van der Waals surface area (Å²) in [5, 5.41) is 6.22. The van der Waals surface area contributed by atoms with Gasteiger partial charge in [0.1, 0.15) is 23.5 Å². The zero-order valence-corrected chi connectivity index (χ0v) is 14.4. The van der Waals surface area contributed by atoms with Crippen molar-refractivity contribution in [1.29, 1.82) is 0 Å². The molecule has 0 aliphatic carbocycles. The van der Waals surface area contributed by atoms with E-state index in [1.165, 1.54) is 0 Å². The molecule has 4 aromatic rings. The van der Waals surface area contributed by atoms with Crippen molar-refractivity contribution in [2.45, 2.75) is 12.2 Å². The molecule has 8 heteroatoms. The van der Waals surface area contributed by atoms with Crippen molar-refractivity contribution in [3.63, 3.8) is 0 Å². The molecule has 0 bridgehead atoms. The van der Waals surface area contributed by atoms with Gasteiger partial charge >= 0.3 is 0 Å².